The highest BCUT2D eigenvalue weighted by molar-refractivity contribution is 6.30. The lowest BCUT2D eigenvalue weighted by Gasteiger charge is -2.38. The van der Waals surface area contributed by atoms with Crippen LogP contribution in [0.25, 0.3) is 10.9 Å². The normalized spacial score (nSPS) is 16.6. The molecule has 1 fully saturated rings. The van der Waals surface area contributed by atoms with E-state index < -0.39 is 5.82 Å². The van der Waals surface area contributed by atoms with Crippen LogP contribution in [0, 0.1) is 5.82 Å². The smallest absolute Gasteiger partial charge is 0.270 e. The largest absolute Gasteiger partial charge is 0.351 e. The van der Waals surface area contributed by atoms with E-state index in [0.29, 0.717) is 18.8 Å². The average molecular weight is 386 g/mol. The molecule has 27 heavy (non-hydrogen) atoms. The first kappa shape index (κ1) is 18.0. The molecule has 1 atom stereocenters. The van der Waals surface area contributed by atoms with Gasteiger partial charge < -0.3 is 9.88 Å². The van der Waals surface area contributed by atoms with E-state index in [1.54, 1.807) is 12.1 Å². The SMILES string of the molecule is CC(c1ccc(F)c(Cl)c1)N1CCN(C(=O)c2cc3ccccc3[nH]2)CC1. The lowest BCUT2D eigenvalue weighted by Crippen LogP contribution is -2.49. The number of nitrogens with one attached hydrogen (secondary N) is 1. The van der Waals surface area contributed by atoms with Crippen molar-refractivity contribution in [3.05, 3.63) is 70.6 Å². The maximum atomic E-state index is 13.4. The summed E-state index contributed by atoms with van der Waals surface area (Å²) < 4.78 is 13.4. The Bertz CT molecular complexity index is 945. The highest BCUT2D eigenvalue weighted by atomic mass is 35.5. The number of rotatable bonds is 3. The topological polar surface area (TPSA) is 39.3 Å². The molecule has 1 amide bonds. The molecular weight excluding hydrogens is 365 g/mol. The number of halogens is 2. The minimum absolute atomic E-state index is 0.0309. The van der Waals surface area contributed by atoms with Gasteiger partial charge in [-0.3, -0.25) is 9.69 Å². The standard InChI is InChI=1S/C21H21ClFN3O/c1-14(15-6-7-18(23)17(22)12-15)25-8-10-26(11-9-25)21(27)20-13-16-4-2-3-5-19(16)24-20/h2-7,12-14,24H,8-11H2,1H3. The fraction of sp³-hybridized carbons (Fsp3) is 0.286. The van der Waals surface area contributed by atoms with Crippen LogP contribution in [0.1, 0.15) is 29.0 Å². The number of carbonyl (C=O) groups is 1. The van der Waals surface area contributed by atoms with Crippen molar-refractivity contribution in [3.8, 4) is 0 Å². The van der Waals surface area contributed by atoms with Crippen molar-refractivity contribution >= 4 is 28.4 Å². The number of amides is 1. The van der Waals surface area contributed by atoms with Crippen LogP contribution in [0.2, 0.25) is 5.02 Å². The number of hydrogen-bond donors (Lipinski definition) is 1. The van der Waals surface area contributed by atoms with Crippen LogP contribution >= 0.6 is 11.6 Å². The van der Waals surface area contributed by atoms with E-state index in [-0.39, 0.29) is 17.0 Å². The maximum absolute atomic E-state index is 13.4. The van der Waals surface area contributed by atoms with Gasteiger partial charge in [-0.2, -0.15) is 0 Å². The lowest BCUT2D eigenvalue weighted by atomic mass is 10.1. The van der Waals surface area contributed by atoms with E-state index in [4.69, 9.17) is 11.6 Å². The fourth-order valence-electron chi connectivity index (χ4n) is 3.65. The molecule has 1 aromatic heterocycles. The molecule has 3 aromatic rings. The summed E-state index contributed by atoms with van der Waals surface area (Å²) in [5, 5.41) is 1.19. The van der Waals surface area contributed by atoms with E-state index in [2.05, 4.69) is 16.8 Å². The number of hydrogen-bond acceptors (Lipinski definition) is 2. The van der Waals surface area contributed by atoms with Crippen molar-refractivity contribution in [1.29, 1.82) is 0 Å². The summed E-state index contributed by atoms with van der Waals surface area (Å²) >= 11 is 5.91. The molecule has 1 aliphatic heterocycles. The van der Waals surface area contributed by atoms with Gasteiger partial charge in [0.2, 0.25) is 0 Å². The summed E-state index contributed by atoms with van der Waals surface area (Å²) in [4.78, 5) is 20.2. The summed E-state index contributed by atoms with van der Waals surface area (Å²) in [7, 11) is 0. The fourth-order valence-corrected chi connectivity index (χ4v) is 3.84. The molecule has 6 heteroatoms. The highest BCUT2D eigenvalue weighted by Gasteiger charge is 2.26. The molecule has 0 aliphatic carbocycles. The molecule has 0 bridgehead atoms. The molecule has 0 radical (unpaired) electrons. The molecular formula is C21H21ClFN3O. The summed E-state index contributed by atoms with van der Waals surface area (Å²) in [6.07, 6.45) is 0. The third-order valence-corrected chi connectivity index (χ3v) is 5.63. The highest BCUT2D eigenvalue weighted by Crippen LogP contribution is 2.26. The van der Waals surface area contributed by atoms with Gasteiger partial charge in [-0.1, -0.05) is 35.9 Å². The molecule has 1 aliphatic rings. The quantitative estimate of drug-likeness (QED) is 0.722. The van der Waals surface area contributed by atoms with Crippen molar-refractivity contribution in [3.63, 3.8) is 0 Å². The Morgan fingerprint density at radius 2 is 1.85 bits per heavy atom. The zero-order valence-corrected chi connectivity index (χ0v) is 15.8. The second-order valence-electron chi connectivity index (χ2n) is 6.95. The van der Waals surface area contributed by atoms with E-state index in [1.807, 2.05) is 35.2 Å². The van der Waals surface area contributed by atoms with E-state index >= 15 is 0 Å². The van der Waals surface area contributed by atoms with Crippen molar-refractivity contribution in [2.75, 3.05) is 26.2 Å². The Hall–Kier alpha value is -2.37. The summed E-state index contributed by atoms with van der Waals surface area (Å²) in [6.45, 7) is 4.93. The number of H-pyrrole nitrogens is 1. The van der Waals surface area contributed by atoms with Crippen molar-refractivity contribution < 1.29 is 9.18 Å². The molecule has 1 unspecified atom stereocenters. The predicted octanol–water partition coefficient (Wildman–Crippen LogP) is 4.48. The maximum Gasteiger partial charge on any atom is 0.270 e. The van der Waals surface area contributed by atoms with Crippen LogP contribution in [0.15, 0.2) is 48.5 Å². The van der Waals surface area contributed by atoms with Gasteiger partial charge in [0.15, 0.2) is 0 Å². The first-order valence-corrected chi connectivity index (χ1v) is 9.47. The van der Waals surface area contributed by atoms with Crippen LogP contribution in [0.5, 0.6) is 0 Å². The van der Waals surface area contributed by atoms with Gasteiger partial charge in [-0.15, -0.1) is 0 Å². The molecule has 2 heterocycles. The van der Waals surface area contributed by atoms with Crippen LogP contribution in [-0.4, -0.2) is 46.9 Å². The molecule has 2 aromatic carbocycles. The first-order chi connectivity index (χ1) is 13.0. The molecule has 1 saturated heterocycles. The molecule has 4 rings (SSSR count). The average Bonchev–Trinajstić information content (AvgIpc) is 3.13. The van der Waals surface area contributed by atoms with E-state index in [0.717, 1.165) is 29.6 Å². The van der Waals surface area contributed by atoms with Crippen molar-refractivity contribution in [2.45, 2.75) is 13.0 Å². The van der Waals surface area contributed by atoms with Gasteiger partial charge in [0.05, 0.1) is 5.02 Å². The Morgan fingerprint density at radius 1 is 1.11 bits per heavy atom. The first-order valence-electron chi connectivity index (χ1n) is 9.09. The summed E-state index contributed by atoms with van der Waals surface area (Å²) in [5.41, 5.74) is 2.58. The van der Waals surface area contributed by atoms with Crippen LogP contribution in [0.4, 0.5) is 4.39 Å². The van der Waals surface area contributed by atoms with Crippen LogP contribution in [0.3, 0.4) is 0 Å². The van der Waals surface area contributed by atoms with Crippen molar-refractivity contribution in [1.82, 2.24) is 14.8 Å². The number of aromatic nitrogens is 1. The molecule has 0 spiro atoms. The molecule has 4 nitrogen and oxygen atoms in total. The second kappa shape index (κ2) is 7.33. The van der Waals surface area contributed by atoms with Gasteiger partial charge in [0.25, 0.3) is 5.91 Å². The molecule has 140 valence electrons. The van der Waals surface area contributed by atoms with Gasteiger partial charge in [-0.25, -0.2) is 4.39 Å². The molecule has 0 saturated carbocycles. The van der Waals surface area contributed by atoms with Crippen molar-refractivity contribution in [2.24, 2.45) is 0 Å². The zero-order valence-electron chi connectivity index (χ0n) is 15.1. The number of benzene rings is 2. The Labute approximate surface area is 162 Å². The van der Waals surface area contributed by atoms with E-state index in [1.165, 1.54) is 6.07 Å². The van der Waals surface area contributed by atoms with E-state index in [9.17, 15) is 9.18 Å². The third-order valence-electron chi connectivity index (χ3n) is 5.34. The third kappa shape index (κ3) is 3.57. The number of aromatic amines is 1. The van der Waals surface area contributed by atoms with Crippen LogP contribution in [-0.2, 0) is 0 Å². The minimum atomic E-state index is -0.402. The second-order valence-corrected chi connectivity index (χ2v) is 7.36. The minimum Gasteiger partial charge on any atom is -0.351 e. The Morgan fingerprint density at radius 3 is 2.56 bits per heavy atom. The number of para-hydroxylation sites is 1. The number of piperazine rings is 1. The number of fused-ring (bicyclic) bond motifs is 1. The zero-order chi connectivity index (χ0) is 19.0. The predicted molar refractivity (Wildman–Crippen MR) is 106 cm³/mol. The van der Waals surface area contributed by atoms with Gasteiger partial charge in [-0.05, 0) is 36.8 Å². The molecule has 1 N–H and O–H groups in total. The van der Waals surface area contributed by atoms with Gasteiger partial charge in [0.1, 0.15) is 11.5 Å². The van der Waals surface area contributed by atoms with Gasteiger partial charge >= 0.3 is 0 Å². The van der Waals surface area contributed by atoms with Crippen LogP contribution < -0.4 is 0 Å². The monoisotopic (exact) mass is 385 g/mol. The number of carbonyl (C=O) groups excluding carboxylic acids is 1. The Kier molecular flexibility index (Phi) is 4.89. The van der Waals surface area contributed by atoms with Gasteiger partial charge in [0, 0.05) is 43.1 Å². The lowest BCUT2D eigenvalue weighted by molar-refractivity contribution is 0.0577. The Balaban J connectivity index is 1.42. The summed E-state index contributed by atoms with van der Waals surface area (Å²) in [6, 6.07) is 14.8. The summed E-state index contributed by atoms with van der Waals surface area (Å²) in [5.74, 6) is -0.371. The number of nitrogens with zero attached hydrogens (tertiary/aromatic N) is 2.